The van der Waals surface area contributed by atoms with E-state index in [1.54, 1.807) is 18.4 Å². The Hall–Kier alpha value is -2.18. The Morgan fingerprint density at radius 3 is 2.61 bits per heavy atom. The van der Waals surface area contributed by atoms with Crippen LogP contribution in [0, 0.1) is 6.92 Å². The van der Waals surface area contributed by atoms with Crippen LogP contribution in [0.3, 0.4) is 0 Å². The predicted molar refractivity (Wildman–Crippen MR) is 90.5 cm³/mol. The van der Waals surface area contributed by atoms with E-state index in [0.29, 0.717) is 18.3 Å². The summed E-state index contributed by atoms with van der Waals surface area (Å²) in [6.45, 7) is 3.67. The second-order valence-corrected chi connectivity index (χ2v) is 6.44. The van der Waals surface area contributed by atoms with Gasteiger partial charge in [-0.15, -0.1) is 11.3 Å². The number of methoxy groups -OCH3 is 1. The van der Waals surface area contributed by atoms with Crippen molar-refractivity contribution in [3.8, 4) is 17.2 Å². The van der Waals surface area contributed by atoms with Crippen LogP contribution in [0.2, 0.25) is 0 Å². The summed E-state index contributed by atoms with van der Waals surface area (Å²) in [6, 6.07) is 9.73. The molecule has 0 saturated heterocycles. The summed E-state index contributed by atoms with van der Waals surface area (Å²) in [5.74, 6) is 2.02. The van der Waals surface area contributed by atoms with Gasteiger partial charge in [0.1, 0.15) is 5.75 Å². The first kappa shape index (κ1) is 15.7. The molecule has 120 valence electrons. The van der Waals surface area contributed by atoms with Crippen LogP contribution in [0.5, 0.6) is 5.75 Å². The molecule has 0 atom stereocenters. The highest BCUT2D eigenvalue weighted by Crippen LogP contribution is 2.21. The van der Waals surface area contributed by atoms with Crippen LogP contribution in [0.15, 0.2) is 40.2 Å². The number of benzene rings is 1. The van der Waals surface area contributed by atoms with Crippen LogP contribution < -0.4 is 4.74 Å². The first-order valence-corrected chi connectivity index (χ1v) is 8.22. The van der Waals surface area contributed by atoms with Crippen LogP contribution in [-0.2, 0) is 13.1 Å². The summed E-state index contributed by atoms with van der Waals surface area (Å²) < 4.78 is 10.5. The molecule has 2 aromatic heterocycles. The van der Waals surface area contributed by atoms with Crippen molar-refractivity contribution in [3.63, 3.8) is 0 Å². The molecule has 0 aliphatic carbocycles. The average molecular weight is 329 g/mol. The summed E-state index contributed by atoms with van der Waals surface area (Å²) in [5.41, 5.74) is 2.22. The minimum atomic E-state index is 0.531. The van der Waals surface area contributed by atoms with Crippen LogP contribution in [0.4, 0.5) is 0 Å². The number of aromatic nitrogens is 2. The molecule has 3 aromatic rings. The Morgan fingerprint density at radius 1 is 1.17 bits per heavy atom. The van der Waals surface area contributed by atoms with E-state index in [9.17, 15) is 0 Å². The van der Waals surface area contributed by atoms with Crippen molar-refractivity contribution < 1.29 is 9.26 Å². The first-order valence-electron chi connectivity index (χ1n) is 7.34. The highest BCUT2D eigenvalue weighted by Gasteiger charge is 2.12. The lowest BCUT2D eigenvalue weighted by atomic mass is 10.2. The fourth-order valence-corrected chi connectivity index (χ4v) is 3.26. The second kappa shape index (κ2) is 6.93. The Labute approximate surface area is 139 Å². The van der Waals surface area contributed by atoms with Crippen LogP contribution in [-0.4, -0.2) is 29.2 Å². The molecular weight excluding hydrogens is 310 g/mol. The van der Waals surface area contributed by atoms with E-state index in [1.165, 1.54) is 10.4 Å². The molecule has 2 heterocycles. The zero-order chi connectivity index (χ0) is 16.2. The van der Waals surface area contributed by atoms with Gasteiger partial charge in [0.05, 0.1) is 13.7 Å². The first-order chi connectivity index (χ1) is 11.2. The molecule has 5 nitrogen and oxygen atoms in total. The molecule has 0 aliphatic rings. The maximum Gasteiger partial charge on any atom is 0.257 e. The number of rotatable bonds is 6. The second-order valence-electron chi connectivity index (χ2n) is 5.44. The number of ether oxygens (including phenoxy) is 1. The minimum absolute atomic E-state index is 0.531. The van der Waals surface area contributed by atoms with Crippen LogP contribution in [0.1, 0.15) is 16.3 Å². The molecule has 0 unspecified atom stereocenters. The SMILES string of the molecule is COc1ccc(-c2nc(CN(C)Cc3sccc3C)no2)cc1. The van der Waals surface area contributed by atoms with Gasteiger partial charge in [-0.1, -0.05) is 5.16 Å². The van der Waals surface area contributed by atoms with Gasteiger partial charge in [-0.3, -0.25) is 4.90 Å². The molecule has 3 rings (SSSR count). The lowest BCUT2D eigenvalue weighted by Gasteiger charge is -2.13. The zero-order valence-electron chi connectivity index (χ0n) is 13.4. The Kier molecular flexibility index (Phi) is 4.73. The number of nitrogens with zero attached hydrogens (tertiary/aromatic N) is 3. The highest BCUT2D eigenvalue weighted by molar-refractivity contribution is 7.10. The largest absolute Gasteiger partial charge is 0.497 e. The summed E-state index contributed by atoms with van der Waals surface area (Å²) in [5, 5.41) is 6.19. The van der Waals surface area contributed by atoms with Crippen molar-refractivity contribution >= 4 is 11.3 Å². The van der Waals surface area contributed by atoms with E-state index in [-0.39, 0.29) is 0 Å². The normalized spacial score (nSPS) is 11.1. The Balaban J connectivity index is 1.65. The average Bonchev–Trinajstić information content (AvgIpc) is 3.17. The molecule has 6 heteroatoms. The molecule has 23 heavy (non-hydrogen) atoms. The minimum Gasteiger partial charge on any atom is -0.497 e. The van der Waals surface area contributed by atoms with Crippen molar-refractivity contribution in [1.29, 1.82) is 0 Å². The molecule has 0 amide bonds. The fraction of sp³-hybridized carbons (Fsp3) is 0.294. The number of aryl methyl sites for hydroxylation is 1. The maximum atomic E-state index is 5.36. The Morgan fingerprint density at radius 2 is 1.96 bits per heavy atom. The van der Waals surface area contributed by atoms with Crippen LogP contribution >= 0.6 is 11.3 Å². The lowest BCUT2D eigenvalue weighted by Crippen LogP contribution is -2.17. The monoisotopic (exact) mass is 329 g/mol. The molecule has 0 bridgehead atoms. The van der Waals surface area contributed by atoms with E-state index >= 15 is 0 Å². The zero-order valence-corrected chi connectivity index (χ0v) is 14.3. The standard InChI is InChI=1S/C17H19N3O2S/c1-12-8-9-23-15(12)10-20(2)11-16-18-17(22-19-16)13-4-6-14(21-3)7-5-13/h4-9H,10-11H2,1-3H3. The van der Waals surface area contributed by atoms with E-state index in [4.69, 9.17) is 9.26 Å². The third-order valence-electron chi connectivity index (χ3n) is 3.60. The predicted octanol–water partition coefficient (Wildman–Crippen LogP) is 3.75. The molecule has 0 N–H and O–H groups in total. The van der Waals surface area contributed by atoms with Gasteiger partial charge in [0.15, 0.2) is 5.82 Å². The number of thiophene rings is 1. The lowest BCUT2D eigenvalue weighted by molar-refractivity contribution is 0.304. The Bertz CT molecular complexity index is 764. The number of hydrogen-bond acceptors (Lipinski definition) is 6. The van der Waals surface area contributed by atoms with Gasteiger partial charge >= 0.3 is 0 Å². The van der Waals surface area contributed by atoms with Crippen molar-refractivity contribution in [2.75, 3.05) is 14.2 Å². The third kappa shape index (κ3) is 3.78. The van der Waals surface area contributed by atoms with Gasteiger partial charge in [-0.25, -0.2) is 0 Å². The summed E-state index contributed by atoms with van der Waals surface area (Å²) in [6.07, 6.45) is 0. The topological polar surface area (TPSA) is 51.4 Å². The number of hydrogen-bond donors (Lipinski definition) is 0. The quantitative estimate of drug-likeness (QED) is 0.689. The van der Waals surface area contributed by atoms with Gasteiger partial charge < -0.3 is 9.26 Å². The maximum absolute atomic E-state index is 5.36. The van der Waals surface area contributed by atoms with Crippen molar-refractivity contribution in [1.82, 2.24) is 15.0 Å². The summed E-state index contributed by atoms with van der Waals surface area (Å²) in [4.78, 5) is 8.02. The van der Waals surface area contributed by atoms with Crippen LogP contribution in [0.25, 0.3) is 11.5 Å². The molecule has 0 aliphatic heterocycles. The van der Waals surface area contributed by atoms with Crippen molar-refractivity contribution in [2.24, 2.45) is 0 Å². The highest BCUT2D eigenvalue weighted by atomic mass is 32.1. The van der Waals surface area contributed by atoms with Crippen molar-refractivity contribution in [2.45, 2.75) is 20.0 Å². The molecule has 0 radical (unpaired) electrons. The van der Waals surface area contributed by atoms with Gasteiger partial charge in [-0.05, 0) is 55.2 Å². The van der Waals surface area contributed by atoms with Gasteiger partial charge in [0, 0.05) is 17.0 Å². The van der Waals surface area contributed by atoms with E-state index in [0.717, 1.165) is 17.9 Å². The molecule has 0 fully saturated rings. The molecular formula is C17H19N3O2S. The third-order valence-corrected chi connectivity index (χ3v) is 4.61. The summed E-state index contributed by atoms with van der Waals surface area (Å²) in [7, 11) is 3.70. The van der Waals surface area contributed by atoms with E-state index in [1.807, 2.05) is 24.3 Å². The molecule has 0 saturated carbocycles. The van der Waals surface area contributed by atoms with Gasteiger partial charge in [-0.2, -0.15) is 4.98 Å². The van der Waals surface area contributed by atoms with E-state index < -0.39 is 0 Å². The van der Waals surface area contributed by atoms with Crippen molar-refractivity contribution in [3.05, 3.63) is 52.0 Å². The van der Waals surface area contributed by atoms with Gasteiger partial charge in [0.2, 0.25) is 0 Å². The van der Waals surface area contributed by atoms with Gasteiger partial charge in [0.25, 0.3) is 5.89 Å². The summed E-state index contributed by atoms with van der Waals surface area (Å²) >= 11 is 1.78. The van der Waals surface area contributed by atoms with E-state index in [2.05, 4.69) is 40.5 Å². The molecule has 1 aromatic carbocycles. The molecule has 0 spiro atoms. The fourth-order valence-electron chi connectivity index (χ4n) is 2.28. The smallest absolute Gasteiger partial charge is 0.257 e.